The van der Waals surface area contributed by atoms with E-state index >= 15 is 0 Å². The van der Waals surface area contributed by atoms with Gasteiger partial charge in [0.1, 0.15) is 18.1 Å². The predicted molar refractivity (Wildman–Crippen MR) is 72.5 cm³/mol. The van der Waals surface area contributed by atoms with Crippen LogP contribution in [0.2, 0.25) is 0 Å². The summed E-state index contributed by atoms with van der Waals surface area (Å²) >= 11 is 0. The van der Waals surface area contributed by atoms with Crippen molar-refractivity contribution >= 4 is 0 Å². The lowest BCUT2D eigenvalue weighted by Crippen LogP contribution is -2.44. The number of nitrogens with zero attached hydrogens (tertiary/aromatic N) is 2. The number of piperazine rings is 1. The van der Waals surface area contributed by atoms with E-state index in [0.29, 0.717) is 23.7 Å². The first-order chi connectivity index (χ1) is 9.31. The highest BCUT2D eigenvalue weighted by molar-refractivity contribution is 5.43. The summed E-state index contributed by atoms with van der Waals surface area (Å²) in [5, 5.41) is 12.3. The van der Waals surface area contributed by atoms with Gasteiger partial charge in [0.15, 0.2) is 0 Å². The van der Waals surface area contributed by atoms with Gasteiger partial charge in [-0.25, -0.2) is 0 Å². The van der Waals surface area contributed by atoms with Crippen LogP contribution in [0.25, 0.3) is 0 Å². The minimum atomic E-state index is 0.552. The number of methoxy groups -OCH3 is 1. The molecule has 0 bridgehead atoms. The molecule has 1 N–H and O–H groups in total. The summed E-state index contributed by atoms with van der Waals surface area (Å²) in [6.07, 6.45) is 0. The molecule has 0 aromatic heterocycles. The van der Waals surface area contributed by atoms with Gasteiger partial charge in [0.2, 0.25) is 0 Å². The molecule has 1 aliphatic heterocycles. The van der Waals surface area contributed by atoms with Gasteiger partial charge >= 0.3 is 0 Å². The molecule has 2 rings (SSSR count). The first kappa shape index (κ1) is 13.7. The number of ether oxygens (including phenoxy) is 2. The van der Waals surface area contributed by atoms with Crippen LogP contribution >= 0.6 is 0 Å². The molecule has 1 aromatic rings. The second-order valence-corrected chi connectivity index (χ2v) is 4.45. The predicted octanol–water partition coefficient (Wildman–Crippen LogP) is 0.851. The molecule has 0 amide bonds. The molecular formula is C14H19N3O2. The number of hydrogen-bond donors (Lipinski definition) is 1. The Bertz CT molecular complexity index is 450. The molecule has 5 heteroatoms. The van der Waals surface area contributed by atoms with E-state index in [1.807, 2.05) is 0 Å². The van der Waals surface area contributed by atoms with E-state index in [4.69, 9.17) is 14.7 Å². The van der Waals surface area contributed by atoms with E-state index in [2.05, 4.69) is 16.3 Å². The first-order valence-electron chi connectivity index (χ1n) is 6.47. The molecule has 0 unspecified atom stereocenters. The van der Waals surface area contributed by atoms with E-state index in [1.165, 1.54) is 0 Å². The number of rotatable bonds is 5. The van der Waals surface area contributed by atoms with Crippen molar-refractivity contribution in [3.63, 3.8) is 0 Å². The summed E-state index contributed by atoms with van der Waals surface area (Å²) in [6.45, 7) is 5.73. The first-order valence-corrected chi connectivity index (χ1v) is 6.47. The number of benzene rings is 1. The van der Waals surface area contributed by atoms with Crippen LogP contribution < -0.4 is 14.8 Å². The Morgan fingerprint density at radius 1 is 1.26 bits per heavy atom. The Hall–Kier alpha value is -1.77. The molecule has 5 nitrogen and oxygen atoms in total. The minimum Gasteiger partial charge on any atom is -0.497 e. The maximum absolute atomic E-state index is 8.93. The van der Waals surface area contributed by atoms with Gasteiger partial charge in [-0.2, -0.15) is 5.26 Å². The second-order valence-electron chi connectivity index (χ2n) is 4.45. The molecule has 1 fully saturated rings. The molecule has 0 saturated carbocycles. The molecule has 1 saturated heterocycles. The summed E-state index contributed by atoms with van der Waals surface area (Å²) < 4.78 is 10.8. The van der Waals surface area contributed by atoms with E-state index < -0.39 is 0 Å². The normalized spacial score (nSPS) is 15.8. The standard InChI is InChI=1S/C14H19N3O2/c1-18-13-8-12(11-15)9-14(10-13)19-7-6-17-4-2-16-3-5-17/h8-10,16H,2-7H2,1H3. The third-order valence-corrected chi connectivity index (χ3v) is 3.13. The lowest BCUT2D eigenvalue weighted by atomic mass is 10.2. The summed E-state index contributed by atoms with van der Waals surface area (Å²) in [5.74, 6) is 1.34. The van der Waals surface area contributed by atoms with Gasteiger partial charge < -0.3 is 14.8 Å². The van der Waals surface area contributed by atoms with Crippen LogP contribution in [-0.4, -0.2) is 51.3 Å². The maximum atomic E-state index is 8.93. The highest BCUT2D eigenvalue weighted by Gasteiger charge is 2.09. The van der Waals surface area contributed by atoms with Crippen molar-refractivity contribution in [2.75, 3.05) is 46.4 Å². The van der Waals surface area contributed by atoms with Gasteiger partial charge in [-0.15, -0.1) is 0 Å². The van der Waals surface area contributed by atoms with E-state index in [9.17, 15) is 0 Å². The Morgan fingerprint density at radius 2 is 2.00 bits per heavy atom. The highest BCUT2D eigenvalue weighted by atomic mass is 16.5. The van der Waals surface area contributed by atoms with E-state index in [0.717, 1.165) is 32.7 Å². The van der Waals surface area contributed by atoms with Crippen LogP contribution in [0, 0.1) is 11.3 Å². The van der Waals surface area contributed by atoms with Crippen molar-refractivity contribution in [2.24, 2.45) is 0 Å². The van der Waals surface area contributed by atoms with Crippen molar-refractivity contribution in [2.45, 2.75) is 0 Å². The number of nitriles is 1. The van der Waals surface area contributed by atoms with Gasteiger partial charge in [-0.05, 0) is 12.1 Å². The van der Waals surface area contributed by atoms with Crippen LogP contribution in [-0.2, 0) is 0 Å². The maximum Gasteiger partial charge on any atom is 0.124 e. The molecule has 0 aliphatic carbocycles. The van der Waals surface area contributed by atoms with Crippen LogP contribution in [0.4, 0.5) is 0 Å². The topological polar surface area (TPSA) is 57.5 Å². The van der Waals surface area contributed by atoms with Gasteiger partial charge in [0.25, 0.3) is 0 Å². The molecular weight excluding hydrogens is 242 g/mol. The van der Waals surface area contributed by atoms with Crippen LogP contribution in [0.1, 0.15) is 5.56 Å². The average molecular weight is 261 g/mol. The molecule has 1 heterocycles. The van der Waals surface area contributed by atoms with Crippen molar-refractivity contribution in [1.29, 1.82) is 5.26 Å². The Labute approximate surface area is 113 Å². The van der Waals surface area contributed by atoms with Gasteiger partial charge in [-0.3, -0.25) is 4.90 Å². The lowest BCUT2D eigenvalue weighted by molar-refractivity contribution is 0.191. The third kappa shape index (κ3) is 4.12. The SMILES string of the molecule is COc1cc(C#N)cc(OCCN2CCNCC2)c1. The smallest absolute Gasteiger partial charge is 0.124 e. The average Bonchev–Trinajstić information content (AvgIpc) is 2.48. The Balaban J connectivity index is 1.86. The summed E-state index contributed by atoms with van der Waals surface area (Å²) in [4.78, 5) is 2.36. The molecule has 1 aromatic carbocycles. The zero-order valence-corrected chi connectivity index (χ0v) is 11.2. The molecule has 102 valence electrons. The Kier molecular flexibility index (Phi) is 5.01. The quantitative estimate of drug-likeness (QED) is 0.851. The van der Waals surface area contributed by atoms with Crippen molar-refractivity contribution in [3.8, 4) is 17.6 Å². The largest absolute Gasteiger partial charge is 0.497 e. The fourth-order valence-corrected chi connectivity index (χ4v) is 2.06. The zero-order chi connectivity index (χ0) is 13.5. The van der Waals surface area contributed by atoms with Crippen molar-refractivity contribution in [3.05, 3.63) is 23.8 Å². The molecule has 0 spiro atoms. The monoisotopic (exact) mass is 261 g/mol. The number of hydrogen-bond acceptors (Lipinski definition) is 5. The van der Waals surface area contributed by atoms with Gasteiger partial charge in [0, 0.05) is 38.8 Å². The Morgan fingerprint density at radius 3 is 2.68 bits per heavy atom. The fraction of sp³-hybridized carbons (Fsp3) is 0.500. The highest BCUT2D eigenvalue weighted by Crippen LogP contribution is 2.22. The lowest BCUT2D eigenvalue weighted by Gasteiger charge is -2.26. The van der Waals surface area contributed by atoms with E-state index in [-0.39, 0.29) is 0 Å². The van der Waals surface area contributed by atoms with Crippen molar-refractivity contribution in [1.82, 2.24) is 10.2 Å². The third-order valence-electron chi connectivity index (χ3n) is 3.13. The fourth-order valence-electron chi connectivity index (χ4n) is 2.06. The van der Waals surface area contributed by atoms with E-state index in [1.54, 1.807) is 25.3 Å². The summed E-state index contributed by atoms with van der Waals surface area (Å²) in [7, 11) is 1.58. The zero-order valence-electron chi connectivity index (χ0n) is 11.2. The van der Waals surface area contributed by atoms with Crippen LogP contribution in [0.15, 0.2) is 18.2 Å². The van der Waals surface area contributed by atoms with Gasteiger partial charge in [0.05, 0.1) is 18.7 Å². The molecule has 0 radical (unpaired) electrons. The van der Waals surface area contributed by atoms with Crippen LogP contribution in [0.5, 0.6) is 11.5 Å². The summed E-state index contributed by atoms with van der Waals surface area (Å²) in [6, 6.07) is 7.34. The molecule has 0 atom stereocenters. The van der Waals surface area contributed by atoms with Crippen LogP contribution in [0.3, 0.4) is 0 Å². The van der Waals surface area contributed by atoms with Crippen molar-refractivity contribution < 1.29 is 9.47 Å². The van der Waals surface area contributed by atoms with Gasteiger partial charge in [-0.1, -0.05) is 0 Å². The minimum absolute atomic E-state index is 0.552. The molecule has 1 aliphatic rings. The molecule has 19 heavy (non-hydrogen) atoms. The second kappa shape index (κ2) is 6.98. The summed E-state index contributed by atoms with van der Waals surface area (Å²) in [5.41, 5.74) is 0.552. The number of nitrogens with one attached hydrogen (secondary N) is 1.